The molecule has 3 aromatic rings. The van der Waals surface area contributed by atoms with Gasteiger partial charge in [-0.3, -0.25) is 4.79 Å². The molecule has 0 saturated carbocycles. The SMILES string of the molecule is COc1cc(C=CC(=O)c2ccc(OC(=O)c3ccc4c(c3)OCO4)cc2)cc(OC)c1OC. The predicted octanol–water partition coefficient (Wildman–Crippen LogP) is 4.56. The highest BCUT2D eigenvalue weighted by Gasteiger charge is 2.17. The van der Waals surface area contributed by atoms with E-state index in [9.17, 15) is 9.59 Å². The molecule has 0 saturated heterocycles. The van der Waals surface area contributed by atoms with Crippen LogP contribution in [0.4, 0.5) is 0 Å². The molecule has 0 aliphatic carbocycles. The first-order valence-electron chi connectivity index (χ1n) is 10.3. The van der Waals surface area contributed by atoms with Crippen LogP contribution in [-0.4, -0.2) is 39.9 Å². The lowest BCUT2D eigenvalue weighted by Crippen LogP contribution is -2.08. The van der Waals surface area contributed by atoms with Crippen LogP contribution in [0.25, 0.3) is 6.08 Å². The number of rotatable bonds is 8. The number of esters is 1. The molecule has 1 heterocycles. The quantitative estimate of drug-likeness (QED) is 0.208. The fraction of sp³-hybridized carbons (Fsp3) is 0.154. The summed E-state index contributed by atoms with van der Waals surface area (Å²) in [5.74, 6) is 2.08. The topological polar surface area (TPSA) is 89.5 Å². The second kappa shape index (κ2) is 9.99. The summed E-state index contributed by atoms with van der Waals surface area (Å²) in [6.45, 7) is 0.122. The third kappa shape index (κ3) is 4.80. The zero-order chi connectivity index (χ0) is 24.1. The molecular formula is C26H22O8. The summed E-state index contributed by atoms with van der Waals surface area (Å²) in [5.41, 5.74) is 1.47. The predicted molar refractivity (Wildman–Crippen MR) is 123 cm³/mol. The van der Waals surface area contributed by atoms with E-state index in [1.54, 1.807) is 60.7 Å². The van der Waals surface area contributed by atoms with Crippen molar-refractivity contribution >= 4 is 17.8 Å². The molecule has 0 fully saturated rings. The van der Waals surface area contributed by atoms with E-state index in [1.165, 1.54) is 27.4 Å². The van der Waals surface area contributed by atoms with E-state index in [-0.39, 0.29) is 12.6 Å². The second-order valence-electron chi connectivity index (χ2n) is 7.14. The van der Waals surface area contributed by atoms with Crippen molar-refractivity contribution in [3.8, 4) is 34.5 Å². The zero-order valence-corrected chi connectivity index (χ0v) is 18.8. The minimum Gasteiger partial charge on any atom is -0.493 e. The van der Waals surface area contributed by atoms with Gasteiger partial charge in [0.25, 0.3) is 0 Å². The van der Waals surface area contributed by atoms with E-state index in [0.29, 0.717) is 51.2 Å². The van der Waals surface area contributed by atoms with Crippen LogP contribution >= 0.6 is 0 Å². The van der Waals surface area contributed by atoms with Gasteiger partial charge in [-0.1, -0.05) is 6.08 Å². The van der Waals surface area contributed by atoms with E-state index in [1.807, 2.05) is 0 Å². The Balaban J connectivity index is 1.43. The van der Waals surface area contributed by atoms with Gasteiger partial charge in [-0.25, -0.2) is 4.79 Å². The summed E-state index contributed by atoms with van der Waals surface area (Å²) in [6.07, 6.45) is 3.09. The number of methoxy groups -OCH3 is 3. The highest BCUT2D eigenvalue weighted by molar-refractivity contribution is 6.07. The Labute approximate surface area is 196 Å². The van der Waals surface area contributed by atoms with Crippen molar-refractivity contribution in [2.45, 2.75) is 0 Å². The van der Waals surface area contributed by atoms with Crippen LogP contribution in [0.5, 0.6) is 34.5 Å². The first-order chi connectivity index (χ1) is 16.5. The van der Waals surface area contributed by atoms with Crippen LogP contribution in [0.15, 0.2) is 60.7 Å². The maximum atomic E-state index is 12.6. The molecular weight excluding hydrogens is 440 g/mol. The van der Waals surface area contributed by atoms with Crippen molar-refractivity contribution in [1.29, 1.82) is 0 Å². The van der Waals surface area contributed by atoms with Crippen LogP contribution in [-0.2, 0) is 0 Å². The number of carbonyl (C=O) groups excluding carboxylic acids is 2. The van der Waals surface area contributed by atoms with Gasteiger partial charge in [-0.15, -0.1) is 0 Å². The lowest BCUT2D eigenvalue weighted by molar-refractivity contribution is 0.0734. The van der Waals surface area contributed by atoms with Crippen molar-refractivity contribution < 1.29 is 38.0 Å². The smallest absolute Gasteiger partial charge is 0.343 e. The Kier molecular flexibility index (Phi) is 6.68. The molecule has 3 aromatic carbocycles. The van der Waals surface area contributed by atoms with Crippen LogP contribution in [0, 0.1) is 0 Å². The molecule has 34 heavy (non-hydrogen) atoms. The lowest BCUT2D eigenvalue weighted by atomic mass is 10.1. The Hall–Kier alpha value is -4.46. The summed E-state index contributed by atoms with van der Waals surface area (Å²) in [6, 6.07) is 14.6. The van der Waals surface area contributed by atoms with Crippen molar-refractivity contribution in [2.75, 3.05) is 28.1 Å². The number of carbonyl (C=O) groups is 2. The van der Waals surface area contributed by atoms with Crippen molar-refractivity contribution in [2.24, 2.45) is 0 Å². The average Bonchev–Trinajstić information content (AvgIpc) is 3.35. The van der Waals surface area contributed by atoms with Gasteiger partial charge < -0.3 is 28.4 Å². The van der Waals surface area contributed by atoms with Gasteiger partial charge in [0.05, 0.1) is 26.9 Å². The normalized spacial score (nSPS) is 11.9. The Morgan fingerprint density at radius 1 is 0.794 bits per heavy atom. The molecule has 1 aliphatic rings. The maximum Gasteiger partial charge on any atom is 0.343 e. The Morgan fingerprint density at radius 2 is 1.44 bits per heavy atom. The minimum absolute atomic E-state index is 0.122. The molecule has 1 aliphatic heterocycles. The van der Waals surface area contributed by atoms with E-state index >= 15 is 0 Å². The van der Waals surface area contributed by atoms with E-state index in [0.717, 1.165) is 0 Å². The largest absolute Gasteiger partial charge is 0.493 e. The monoisotopic (exact) mass is 462 g/mol. The van der Waals surface area contributed by atoms with Gasteiger partial charge in [0, 0.05) is 5.56 Å². The molecule has 0 radical (unpaired) electrons. The number of hydrogen-bond donors (Lipinski definition) is 0. The van der Waals surface area contributed by atoms with Crippen molar-refractivity contribution in [3.05, 3.63) is 77.4 Å². The van der Waals surface area contributed by atoms with Crippen molar-refractivity contribution in [1.82, 2.24) is 0 Å². The van der Waals surface area contributed by atoms with E-state index in [4.69, 9.17) is 28.4 Å². The third-order valence-electron chi connectivity index (χ3n) is 5.07. The number of ether oxygens (including phenoxy) is 6. The Bertz CT molecular complexity index is 1220. The summed E-state index contributed by atoms with van der Waals surface area (Å²) >= 11 is 0. The van der Waals surface area contributed by atoms with Crippen LogP contribution in [0.3, 0.4) is 0 Å². The van der Waals surface area contributed by atoms with Gasteiger partial charge in [-0.2, -0.15) is 0 Å². The molecule has 8 heteroatoms. The fourth-order valence-corrected chi connectivity index (χ4v) is 3.34. The van der Waals surface area contributed by atoms with Gasteiger partial charge >= 0.3 is 5.97 Å². The second-order valence-corrected chi connectivity index (χ2v) is 7.14. The number of fused-ring (bicyclic) bond motifs is 1. The van der Waals surface area contributed by atoms with Crippen molar-refractivity contribution in [3.63, 3.8) is 0 Å². The molecule has 174 valence electrons. The van der Waals surface area contributed by atoms with Gasteiger partial charge in [0.2, 0.25) is 12.5 Å². The fourth-order valence-electron chi connectivity index (χ4n) is 3.34. The zero-order valence-electron chi connectivity index (χ0n) is 18.8. The maximum absolute atomic E-state index is 12.6. The standard InChI is InChI=1S/C26H22O8/c1-29-23-12-16(13-24(30-2)25(23)31-3)4-10-20(27)17-5-8-19(9-6-17)34-26(28)18-7-11-21-22(14-18)33-15-32-21/h4-14H,15H2,1-3H3. The van der Waals surface area contributed by atoms with Gasteiger partial charge in [-0.05, 0) is 66.2 Å². The molecule has 0 amide bonds. The molecule has 8 nitrogen and oxygen atoms in total. The molecule has 0 atom stereocenters. The van der Waals surface area contributed by atoms with Crippen LogP contribution in [0.1, 0.15) is 26.3 Å². The molecule has 0 spiro atoms. The van der Waals surface area contributed by atoms with Crippen LogP contribution < -0.4 is 28.4 Å². The van der Waals surface area contributed by atoms with E-state index in [2.05, 4.69) is 0 Å². The molecule has 0 N–H and O–H groups in total. The summed E-state index contributed by atoms with van der Waals surface area (Å²) in [5, 5.41) is 0. The molecule has 4 rings (SSSR count). The first-order valence-corrected chi connectivity index (χ1v) is 10.3. The Morgan fingerprint density at radius 3 is 2.09 bits per heavy atom. The lowest BCUT2D eigenvalue weighted by Gasteiger charge is -2.12. The van der Waals surface area contributed by atoms with Gasteiger partial charge in [0.1, 0.15) is 5.75 Å². The van der Waals surface area contributed by atoms with Gasteiger partial charge in [0.15, 0.2) is 28.8 Å². The highest BCUT2D eigenvalue weighted by atomic mass is 16.7. The molecule has 0 unspecified atom stereocenters. The molecule has 0 aromatic heterocycles. The minimum atomic E-state index is -0.542. The van der Waals surface area contributed by atoms with E-state index < -0.39 is 5.97 Å². The first kappa shape index (κ1) is 22.7. The molecule has 0 bridgehead atoms. The summed E-state index contributed by atoms with van der Waals surface area (Å²) < 4.78 is 31.9. The summed E-state index contributed by atoms with van der Waals surface area (Å²) in [7, 11) is 4.57. The third-order valence-corrected chi connectivity index (χ3v) is 5.07. The summed E-state index contributed by atoms with van der Waals surface area (Å²) in [4.78, 5) is 25.0. The average molecular weight is 462 g/mol. The van der Waals surface area contributed by atoms with Crippen LogP contribution in [0.2, 0.25) is 0 Å². The number of allylic oxidation sites excluding steroid dienone is 1. The number of hydrogen-bond acceptors (Lipinski definition) is 8. The number of ketones is 1. The number of benzene rings is 3. The highest BCUT2D eigenvalue weighted by Crippen LogP contribution is 2.38.